The maximum atomic E-state index is 8.72. The number of nitrogens with one attached hydrogen (secondary N) is 1. The fourth-order valence-electron chi connectivity index (χ4n) is 1.68. The second-order valence-corrected chi connectivity index (χ2v) is 3.66. The standard InChI is InChI=1S/C13H18N2O/c1-4-16-13-6-5-11(9-10(13)2)12(15-3)7-8-14/h5-6,9,12,15H,4,7H2,1-3H3. The van der Waals surface area contributed by atoms with Crippen LogP contribution in [0, 0.1) is 18.3 Å². The van der Waals surface area contributed by atoms with Crippen molar-refractivity contribution in [1.29, 1.82) is 5.26 Å². The van der Waals surface area contributed by atoms with Crippen LogP contribution in [-0.2, 0) is 0 Å². The van der Waals surface area contributed by atoms with Gasteiger partial charge in [0.2, 0.25) is 0 Å². The van der Waals surface area contributed by atoms with Gasteiger partial charge in [-0.1, -0.05) is 12.1 Å². The van der Waals surface area contributed by atoms with Crippen molar-refractivity contribution in [2.75, 3.05) is 13.7 Å². The summed E-state index contributed by atoms with van der Waals surface area (Å²) in [5.74, 6) is 0.915. The summed E-state index contributed by atoms with van der Waals surface area (Å²) in [5.41, 5.74) is 2.24. The van der Waals surface area contributed by atoms with Gasteiger partial charge in [-0.05, 0) is 38.1 Å². The molecule has 0 aromatic heterocycles. The molecule has 0 saturated heterocycles. The van der Waals surface area contributed by atoms with E-state index in [0.29, 0.717) is 13.0 Å². The van der Waals surface area contributed by atoms with Crippen molar-refractivity contribution in [3.63, 3.8) is 0 Å². The van der Waals surface area contributed by atoms with Crippen molar-refractivity contribution in [3.8, 4) is 11.8 Å². The third-order valence-electron chi connectivity index (χ3n) is 2.55. The van der Waals surface area contributed by atoms with Crippen LogP contribution in [0.1, 0.15) is 30.5 Å². The minimum atomic E-state index is 0.0966. The number of nitrogens with zero attached hydrogens (tertiary/aromatic N) is 1. The van der Waals surface area contributed by atoms with Gasteiger partial charge in [0.1, 0.15) is 5.75 Å². The van der Waals surface area contributed by atoms with Gasteiger partial charge < -0.3 is 10.1 Å². The van der Waals surface area contributed by atoms with Crippen LogP contribution in [0.2, 0.25) is 0 Å². The molecule has 3 nitrogen and oxygen atoms in total. The highest BCUT2D eigenvalue weighted by Gasteiger charge is 2.10. The van der Waals surface area contributed by atoms with Crippen molar-refractivity contribution >= 4 is 0 Å². The van der Waals surface area contributed by atoms with Gasteiger partial charge in [0, 0.05) is 6.04 Å². The third-order valence-corrected chi connectivity index (χ3v) is 2.55. The summed E-state index contributed by atoms with van der Waals surface area (Å²) >= 11 is 0. The second-order valence-electron chi connectivity index (χ2n) is 3.66. The molecule has 86 valence electrons. The van der Waals surface area contributed by atoms with Crippen molar-refractivity contribution < 1.29 is 4.74 Å². The van der Waals surface area contributed by atoms with E-state index in [4.69, 9.17) is 10.00 Å². The SMILES string of the molecule is CCOc1ccc(C(CC#N)NC)cc1C. The van der Waals surface area contributed by atoms with Crippen molar-refractivity contribution in [2.24, 2.45) is 0 Å². The lowest BCUT2D eigenvalue weighted by atomic mass is 10.0. The van der Waals surface area contributed by atoms with Crippen LogP contribution in [0.5, 0.6) is 5.75 Å². The second kappa shape index (κ2) is 6.14. The van der Waals surface area contributed by atoms with Gasteiger partial charge in [-0.25, -0.2) is 0 Å². The van der Waals surface area contributed by atoms with Gasteiger partial charge in [0.25, 0.3) is 0 Å². The first kappa shape index (κ1) is 12.5. The molecule has 1 aromatic rings. The first-order valence-corrected chi connectivity index (χ1v) is 5.50. The lowest BCUT2D eigenvalue weighted by molar-refractivity contribution is 0.337. The molecule has 0 heterocycles. The number of nitriles is 1. The summed E-state index contributed by atoms with van der Waals surface area (Å²) in [7, 11) is 1.87. The number of benzene rings is 1. The van der Waals surface area contributed by atoms with E-state index >= 15 is 0 Å². The molecule has 0 fully saturated rings. The Morgan fingerprint density at radius 3 is 2.75 bits per heavy atom. The fraction of sp³-hybridized carbons (Fsp3) is 0.462. The largest absolute Gasteiger partial charge is 0.494 e. The molecule has 0 radical (unpaired) electrons. The monoisotopic (exact) mass is 218 g/mol. The Balaban J connectivity index is 2.91. The van der Waals surface area contributed by atoms with E-state index in [1.54, 1.807) is 0 Å². The molecule has 0 aliphatic heterocycles. The zero-order chi connectivity index (χ0) is 12.0. The average Bonchev–Trinajstić information content (AvgIpc) is 2.29. The van der Waals surface area contributed by atoms with E-state index < -0.39 is 0 Å². The number of hydrogen-bond donors (Lipinski definition) is 1. The Morgan fingerprint density at radius 2 is 2.25 bits per heavy atom. The van der Waals surface area contributed by atoms with Crippen molar-refractivity contribution in [1.82, 2.24) is 5.32 Å². The molecule has 1 atom stereocenters. The molecule has 0 spiro atoms. The highest BCUT2D eigenvalue weighted by atomic mass is 16.5. The quantitative estimate of drug-likeness (QED) is 0.826. The van der Waals surface area contributed by atoms with Crippen molar-refractivity contribution in [3.05, 3.63) is 29.3 Å². The first-order valence-electron chi connectivity index (χ1n) is 5.50. The Hall–Kier alpha value is -1.53. The van der Waals surface area contributed by atoms with Gasteiger partial charge in [-0.15, -0.1) is 0 Å². The van der Waals surface area contributed by atoms with Crippen LogP contribution in [0.15, 0.2) is 18.2 Å². The zero-order valence-corrected chi connectivity index (χ0v) is 10.1. The van der Waals surface area contributed by atoms with E-state index in [1.807, 2.05) is 33.0 Å². The predicted octanol–water partition coefficient (Wildman–Crippen LogP) is 2.57. The van der Waals surface area contributed by atoms with Gasteiger partial charge in [-0.2, -0.15) is 5.26 Å². The summed E-state index contributed by atoms with van der Waals surface area (Å²) in [6, 6.07) is 8.33. The summed E-state index contributed by atoms with van der Waals surface area (Å²) in [5, 5.41) is 11.9. The Bertz CT molecular complexity index is 382. The Kier molecular flexibility index (Phi) is 4.81. The maximum Gasteiger partial charge on any atom is 0.122 e. The van der Waals surface area contributed by atoms with Gasteiger partial charge >= 0.3 is 0 Å². The van der Waals surface area contributed by atoms with E-state index in [1.165, 1.54) is 0 Å². The van der Waals surface area contributed by atoms with E-state index in [2.05, 4.69) is 17.5 Å². The van der Waals surface area contributed by atoms with E-state index in [9.17, 15) is 0 Å². The van der Waals surface area contributed by atoms with Crippen LogP contribution in [0.25, 0.3) is 0 Å². The van der Waals surface area contributed by atoms with Crippen molar-refractivity contribution in [2.45, 2.75) is 26.3 Å². The minimum Gasteiger partial charge on any atom is -0.494 e. The van der Waals surface area contributed by atoms with Crippen LogP contribution in [-0.4, -0.2) is 13.7 Å². The molecule has 3 heteroatoms. The third kappa shape index (κ3) is 2.98. The number of hydrogen-bond acceptors (Lipinski definition) is 3. The lowest BCUT2D eigenvalue weighted by Crippen LogP contribution is -2.15. The maximum absolute atomic E-state index is 8.72. The van der Waals surface area contributed by atoms with E-state index in [-0.39, 0.29) is 6.04 Å². The molecule has 0 amide bonds. The normalized spacial score (nSPS) is 11.9. The highest BCUT2D eigenvalue weighted by molar-refractivity contribution is 5.37. The molecule has 0 saturated carbocycles. The predicted molar refractivity (Wildman–Crippen MR) is 64.4 cm³/mol. The molecule has 1 N–H and O–H groups in total. The molecular weight excluding hydrogens is 200 g/mol. The van der Waals surface area contributed by atoms with Gasteiger partial charge in [0.05, 0.1) is 19.1 Å². The smallest absolute Gasteiger partial charge is 0.122 e. The molecule has 1 aromatic carbocycles. The molecular formula is C13H18N2O. The van der Waals surface area contributed by atoms with E-state index in [0.717, 1.165) is 16.9 Å². The first-order chi connectivity index (χ1) is 7.72. The molecule has 1 unspecified atom stereocenters. The van der Waals surface area contributed by atoms with Crippen LogP contribution in [0.4, 0.5) is 0 Å². The molecule has 0 bridgehead atoms. The minimum absolute atomic E-state index is 0.0966. The average molecular weight is 218 g/mol. The molecule has 0 aliphatic rings. The summed E-state index contributed by atoms with van der Waals surface area (Å²) < 4.78 is 5.48. The van der Waals surface area contributed by atoms with Crippen LogP contribution < -0.4 is 10.1 Å². The molecule has 1 rings (SSSR count). The highest BCUT2D eigenvalue weighted by Crippen LogP contribution is 2.24. The van der Waals surface area contributed by atoms with Crippen LogP contribution >= 0.6 is 0 Å². The molecule has 16 heavy (non-hydrogen) atoms. The topological polar surface area (TPSA) is 45.0 Å². The van der Waals surface area contributed by atoms with Gasteiger partial charge in [0.15, 0.2) is 0 Å². The lowest BCUT2D eigenvalue weighted by Gasteiger charge is -2.15. The van der Waals surface area contributed by atoms with Crippen LogP contribution in [0.3, 0.4) is 0 Å². The Labute approximate surface area is 97.0 Å². The number of rotatable bonds is 5. The zero-order valence-electron chi connectivity index (χ0n) is 10.1. The Morgan fingerprint density at radius 1 is 1.50 bits per heavy atom. The molecule has 0 aliphatic carbocycles. The number of ether oxygens (including phenoxy) is 1. The fourth-order valence-corrected chi connectivity index (χ4v) is 1.68. The summed E-state index contributed by atoms with van der Waals surface area (Å²) in [6.07, 6.45) is 0.476. The van der Waals surface area contributed by atoms with Gasteiger partial charge in [-0.3, -0.25) is 0 Å². The summed E-state index contributed by atoms with van der Waals surface area (Å²) in [4.78, 5) is 0. The number of aryl methyl sites for hydroxylation is 1. The summed E-state index contributed by atoms with van der Waals surface area (Å²) in [6.45, 7) is 4.67.